The van der Waals surface area contributed by atoms with E-state index in [1.165, 1.54) is 0 Å². The third-order valence-electron chi connectivity index (χ3n) is 3.80. The second kappa shape index (κ2) is 8.85. The minimum atomic E-state index is -0.617. The van der Waals surface area contributed by atoms with Crippen LogP contribution in [-0.2, 0) is 14.3 Å². The van der Waals surface area contributed by atoms with Crippen LogP contribution in [0.4, 0.5) is 10.5 Å². The van der Waals surface area contributed by atoms with Crippen molar-refractivity contribution < 1.29 is 19.1 Å². The van der Waals surface area contributed by atoms with Crippen molar-refractivity contribution in [3.8, 4) is 6.07 Å². The van der Waals surface area contributed by atoms with Crippen LogP contribution in [0.3, 0.4) is 0 Å². The highest BCUT2D eigenvalue weighted by Crippen LogP contribution is 2.21. The number of carbonyl (C=O) groups excluding carboxylic acids is 3. The molecule has 3 amide bonds. The maximum absolute atomic E-state index is 12.4. The lowest BCUT2D eigenvalue weighted by atomic mass is 10.2. The monoisotopic (exact) mass is 358 g/mol. The largest absolute Gasteiger partial charge is 0.463 e. The molecule has 0 saturated carbocycles. The van der Waals surface area contributed by atoms with E-state index < -0.39 is 12.1 Å². The number of nitrogens with zero attached hydrogens (tertiary/aromatic N) is 2. The molecule has 1 aliphatic rings. The van der Waals surface area contributed by atoms with Crippen LogP contribution in [0.5, 0.6) is 0 Å². The van der Waals surface area contributed by atoms with Crippen LogP contribution in [0.2, 0.25) is 0 Å². The number of amides is 3. The molecular formula is C18H22N4O4. The molecule has 0 radical (unpaired) electrons. The number of hydrogen-bond donors (Lipinski definition) is 2. The van der Waals surface area contributed by atoms with E-state index in [1.807, 2.05) is 6.07 Å². The van der Waals surface area contributed by atoms with Crippen LogP contribution in [-0.4, -0.2) is 43.1 Å². The van der Waals surface area contributed by atoms with E-state index in [2.05, 4.69) is 10.6 Å². The Balaban J connectivity index is 1.79. The summed E-state index contributed by atoms with van der Waals surface area (Å²) in [4.78, 5) is 37.3. The summed E-state index contributed by atoms with van der Waals surface area (Å²) >= 11 is 0. The number of esters is 1. The number of rotatable bonds is 6. The van der Waals surface area contributed by atoms with Gasteiger partial charge in [0.25, 0.3) is 0 Å². The van der Waals surface area contributed by atoms with Gasteiger partial charge in [0.15, 0.2) is 0 Å². The van der Waals surface area contributed by atoms with Gasteiger partial charge in [-0.3, -0.25) is 9.59 Å². The predicted molar refractivity (Wildman–Crippen MR) is 94.3 cm³/mol. The average molecular weight is 358 g/mol. The lowest BCUT2D eigenvalue weighted by Gasteiger charge is -2.17. The van der Waals surface area contributed by atoms with Crippen molar-refractivity contribution in [1.82, 2.24) is 10.6 Å². The van der Waals surface area contributed by atoms with Gasteiger partial charge >= 0.3 is 12.0 Å². The normalized spacial score (nSPS) is 16.3. The Morgan fingerprint density at radius 3 is 2.65 bits per heavy atom. The van der Waals surface area contributed by atoms with Gasteiger partial charge in [-0.1, -0.05) is 0 Å². The summed E-state index contributed by atoms with van der Waals surface area (Å²) in [6.45, 7) is 4.13. The molecule has 1 aromatic rings. The number of carbonyl (C=O) groups is 3. The van der Waals surface area contributed by atoms with Gasteiger partial charge in [0, 0.05) is 18.8 Å². The third kappa shape index (κ3) is 5.21. The van der Waals surface area contributed by atoms with Crippen LogP contribution in [0.25, 0.3) is 0 Å². The molecule has 0 bridgehead atoms. The Morgan fingerprint density at radius 2 is 2.04 bits per heavy atom. The zero-order valence-corrected chi connectivity index (χ0v) is 14.8. The van der Waals surface area contributed by atoms with Crippen molar-refractivity contribution in [1.29, 1.82) is 5.26 Å². The van der Waals surface area contributed by atoms with Gasteiger partial charge < -0.3 is 20.3 Å². The van der Waals surface area contributed by atoms with E-state index in [0.717, 1.165) is 0 Å². The van der Waals surface area contributed by atoms with Crippen molar-refractivity contribution in [2.24, 2.45) is 0 Å². The summed E-state index contributed by atoms with van der Waals surface area (Å²) in [5.74, 6) is -0.590. The van der Waals surface area contributed by atoms with E-state index >= 15 is 0 Å². The van der Waals surface area contributed by atoms with Gasteiger partial charge in [-0.25, -0.2) is 4.79 Å². The highest BCUT2D eigenvalue weighted by Gasteiger charge is 2.33. The molecule has 2 rings (SSSR count). The first-order valence-corrected chi connectivity index (χ1v) is 8.46. The number of benzene rings is 1. The fourth-order valence-electron chi connectivity index (χ4n) is 2.60. The first kappa shape index (κ1) is 19.2. The van der Waals surface area contributed by atoms with Gasteiger partial charge in [0.2, 0.25) is 5.91 Å². The first-order valence-electron chi connectivity index (χ1n) is 8.46. The Hall–Kier alpha value is -3.08. The molecule has 1 saturated heterocycles. The quantitative estimate of drug-likeness (QED) is 0.745. The van der Waals surface area contributed by atoms with Crippen molar-refractivity contribution in [2.45, 2.75) is 38.8 Å². The van der Waals surface area contributed by atoms with Gasteiger partial charge in [-0.2, -0.15) is 5.26 Å². The van der Waals surface area contributed by atoms with Crippen molar-refractivity contribution in [2.75, 3.05) is 18.0 Å². The number of anilines is 1. The maximum atomic E-state index is 12.4. The SMILES string of the molecule is CC(C)OC(=O)CCNC(=O)N[C@H]1CCN(c2ccc(C#N)cc2)C1=O. The Morgan fingerprint density at radius 1 is 1.35 bits per heavy atom. The van der Waals surface area contributed by atoms with Gasteiger partial charge in [0.1, 0.15) is 6.04 Å². The Bertz CT molecular complexity index is 709. The van der Waals surface area contributed by atoms with Crippen molar-refractivity contribution in [3.63, 3.8) is 0 Å². The van der Waals surface area contributed by atoms with E-state index in [-0.39, 0.29) is 30.9 Å². The first-order chi connectivity index (χ1) is 12.4. The molecule has 0 aromatic heterocycles. The highest BCUT2D eigenvalue weighted by molar-refractivity contribution is 6.01. The lowest BCUT2D eigenvalue weighted by Crippen LogP contribution is -2.46. The molecule has 138 valence electrons. The maximum Gasteiger partial charge on any atom is 0.315 e. The standard InChI is InChI=1S/C18H22N4O4/c1-12(2)26-16(23)7-9-20-18(25)21-15-8-10-22(17(15)24)14-5-3-13(11-19)4-6-14/h3-6,12,15H,7-10H2,1-2H3,(H2,20,21,25)/t15-/m0/s1. The molecule has 2 N–H and O–H groups in total. The van der Waals surface area contributed by atoms with Gasteiger partial charge in [-0.05, 0) is 44.5 Å². The zero-order valence-electron chi connectivity index (χ0n) is 14.8. The minimum absolute atomic E-state index is 0.0710. The smallest absolute Gasteiger partial charge is 0.315 e. The van der Waals surface area contributed by atoms with E-state index in [0.29, 0.717) is 24.2 Å². The van der Waals surface area contributed by atoms with Crippen LogP contribution >= 0.6 is 0 Å². The third-order valence-corrected chi connectivity index (χ3v) is 3.80. The molecule has 0 spiro atoms. The minimum Gasteiger partial charge on any atom is -0.463 e. The molecular weight excluding hydrogens is 336 g/mol. The summed E-state index contributed by atoms with van der Waals surface area (Å²) in [7, 11) is 0. The number of hydrogen-bond acceptors (Lipinski definition) is 5. The Labute approximate surface area is 152 Å². The molecule has 0 aliphatic carbocycles. The topological polar surface area (TPSA) is 112 Å². The van der Waals surface area contributed by atoms with Gasteiger partial charge in [0.05, 0.1) is 24.2 Å². The fourth-order valence-corrected chi connectivity index (χ4v) is 2.60. The highest BCUT2D eigenvalue weighted by atomic mass is 16.5. The summed E-state index contributed by atoms with van der Waals surface area (Å²) in [6.07, 6.45) is 0.365. The van der Waals surface area contributed by atoms with Crippen molar-refractivity contribution >= 4 is 23.6 Å². The summed E-state index contributed by atoms with van der Waals surface area (Å²) in [6, 6.07) is 7.62. The number of nitrogens with one attached hydrogen (secondary N) is 2. The van der Waals surface area contributed by atoms with Crippen LogP contribution in [0.1, 0.15) is 32.3 Å². The molecule has 8 nitrogen and oxygen atoms in total. The molecule has 1 fully saturated rings. The predicted octanol–water partition coefficient (Wildman–Crippen LogP) is 1.30. The summed E-state index contributed by atoms with van der Waals surface area (Å²) < 4.78 is 4.97. The fraction of sp³-hybridized carbons (Fsp3) is 0.444. The second-order valence-electron chi connectivity index (χ2n) is 6.18. The summed E-state index contributed by atoms with van der Waals surface area (Å²) in [5, 5.41) is 14.0. The molecule has 1 aromatic carbocycles. The average Bonchev–Trinajstić information content (AvgIpc) is 2.95. The lowest BCUT2D eigenvalue weighted by molar-refractivity contribution is -0.147. The molecule has 0 unspecified atom stereocenters. The van der Waals surface area contributed by atoms with E-state index in [1.54, 1.807) is 43.0 Å². The molecule has 8 heteroatoms. The molecule has 1 heterocycles. The van der Waals surface area contributed by atoms with E-state index in [9.17, 15) is 14.4 Å². The second-order valence-corrected chi connectivity index (χ2v) is 6.18. The number of nitriles is 1. The van der Waals surface area contributed by atoms with Gasteiger partial charge in [-0.15, -0.1) is 0 Å². The van der Waals surface area contributed by atoms with Crippen LogP contribution < -0.4 is 15.5 Å². The van der Waals surface area contributed by atoms with Crippen LogP contribution in [0, 0.1) is 11.3 Å². The van der Waals surface area contributed by atoms with Crippen LogP contribution in [0.15, 0.2) is 24.3 Å². The number of urea groups is 1. The van der Waals surface area contributed by atoms with E-state index in [4.69, 9.17) is 10.00 Å². The summed E-state index contributed by atoms with van der Waals surface area (Å²) in [5.41, 5.74) is 1.21. The zero-order chi connectivity index (χ0) is 19.1. The molecule has 1 aliphatic heterocycles. The molecule has 26 heavy (non-hydrogen) atoms. The molecule has 1 atom stereocenters. The van der Waals surface area contributed by atoms with Crippen molar-refractivity contribution in [3.05, 3.63) is 29.8 Å². The number of ether oxygens (including phenoxy) is 1. The Kier molecular flexibility index (Phi) is 6.55.